The average Bonchev–Trinajstić information content (AvgIpc) is 2.26. The maximum atomic E-state index is 11.1. The smallest absolute Gasteiger partial charge is 0.325 e. The zero-order chi connectivity index (χ0) is 13.6. The van der Waals surface area contributed by atoms with Gasteiger partial charge in [-0.15, -0.1) is 0 Å². The number of rotatable bonds is 6. The number of esters is 1. The van der Waals surface area contributed by atoms with Crippen LogP contribution in [-0.4, -0.2) is 33.8 Å². The van der Waals surface area contributed by atoms with Gasteiger partial charge < -0.3 is 10.1 Å². The van der Waals surface area contributed by atoms with Crippen molar-refractivity contribution in [1.82, 2.24) is 0 Å². The summed E-state index contributed by atoms with van der Waals surface area (Å²) in [5.74, 6) is -0.337. The normalized spacial score (nSPS) is 10.8. The zero-order valence-electron chi connectivity index (χ0n) is 10.3. The second-order valence-electron chi connectivity index (χ2n) is 3.61. The minimum Gasteiger partial charge on any atom is -0.465 e. The van der Waals surface area contributed by atoms with E-state index in [0.717, 1.165) is 6.26 Å². The highest BCUT2D eigenvalue weighted by molar-refractivity contribution is 7.92. The molecule has 0 amide bonds. The van der Waals surface area contributed by atoms with Crippen LogP contribution >= 0.6 is 0 Å². The van der Waals surface area contributed by atoms with Gasteiger partial charge >= 0.3 is 5.97 Å². The van der Waals surface area contributed by atoms with Gasteiger partial charge in [0.15, 0.2) is 0 Å². The van der Waals surface area contributed by atoms with E-state index in [1.165, 1.54) is 0 Å². The summed E-state index contributed by atoms with van der Waals surface area (Å²) in [6.45, 7) is 2.16. The third-order valence-electron chi connectivity index (χ3n) is 1.93. The minimum absolute atomic E-state index is 0.0761. The number of carbonyl (C=O) groups excluding carboxylic acids is 1. The molecule has 0 saturated carbocycles. The summed E-state index contributed by atoms with van der Waals surface area (Å²) < 4.78 is 29.1. The number of hydrogen-bond donors (Lipinski definition) is 2. The molecule has 0 aliphatic carbocycles. The van der Waals surface area contributed by atoms with E-state index in [0.29, 0.717) is 18.0 Å². The summed E-state index contributed by atoms with van der Waals surface area (Å²) in [5, 5.41) is 2.87. The van der Waals surface area contributed by atoms with Crippen LogP contribution in [0.15, 0.2) is 24.3 Å². The highest BCUT2D eigenvalue weighted by Crippen LogP contribution is 2.14. The van der Waals surface area contributed by atoms with Crippen molar-refractivity contribution in [3.63, 3.8) is 0 Å². The Balaban J connectivity index is 2.53. The predicted octanol–water partition coefficient (Wildman–Crippen LogP) is 1.03. The van der Waals surface area contributed by atoms with Crippen molar-refractivity contribution < 1.29 is 17.9 Å². The third kappa shape index (κ3) is 5.53. The Bertz CT molecular complexity index is 496. The van der Waals surface area contributed by atoms with Crippen LogP contribution in [0, 0.1) is 0 Å². The number of ether oxygens (including phenoxy) is 1. The van der Waals surface area contributed by atoms with Gasteiger partial charge in [-0.2, -0.15) is 0 Å². The number of carbonyl (C=O) groups is 1. The van der Waals surface area contributed by atoms with E-state index >= 15 is 0 Å². The topological polar surface area (TPSA) is 84.5 Å². The summed E-state index contributed by atoms with van der Waals surface area (Å²) in [6, 6.07) is 6.56. The van der Waals surface area contributed by atoms with Crippen molar-refractivity contribution in [2.24, 2.45) is 0 Å². The molecular formula is C11H16N2O4S. The molecule has 0 aromatic heterocycles. The lowest BCUT2D eigenvalue weighted by Crippen LogP contribution is -2.16. The van der Waals surface area contributed by atoms with Gasteiger partial charge in [-0.1, -0.05) is 0 Å². The Hall–Kier alpha value is -1.76. The van der Waals surface area contributed by atoms with Crippen LogP contribution < -0.4 is 10.0 Å². The molecule has 0 aliphatic rings. The van der Waals surface area contributed by atoms with Crippen molar-refractivity contribution in [2.45, 2.75) is 6.92 Å². The number of hydrogen-bond acceptors (Lipinski definition) is 5. The molecule has 0 unspecified atom stereocenters. The average molecular weight is 272 g/mol. The molecule has 0 fully saturated rings. The molecule has 0 heterocycles. The molecule has 0 aliphatic heterocycles. The molecule has 1 aromatic carbocycles. The number of sulfonamides is 1. The Labute approximate surface area is 106 Å². The molecule has 1 rings (SSSR count). The highest BCUT2D eigenvalue weighted by atomic mass is 32.2. The fourth-order valence-corrected chi connectivity index (χ4v) is 1.82. The molecule has 7 heteroatoms. The summed E-state index contributed by atoms with van der Waals surface area (Å²) in [7, 11) is -3.27. The maximum Gasteiger partial charge on any atom is 0.325 e. The molecule has 0 saturated heterocycles. The number of anilines is 2. The van der Waals surface area contributed by atoms with Crippen molar-refractivity contribution in [3.05, 3.63) is 24.3 Å². The van der Waals surface area contributed by atoms with E-state index in [1.807, 2.05) is 0 Å². The van der Waals surface area contributed by atoms with Gasteiger partial charge in [-0.25, -0.2) is 8.42 Å². The molecule has 18 heavy (non-hydrogen) atoms. The van der Waals surface area contributed by atoms with E-state index < -0.39 is 10.0 Å². The first-order valence-corrected chi connectivity index (χ1v) is 7.27. The molecule has 0 radical (unpaired) electrons. The summed E-state index contributed by atoms with van der Waals surface area (Å²) in [4.78, 5) is 11.1. The Morgan fingerprint density at radius 2 is 1.78 bits per heavy atom. The van der Waals surface area contributed by atoms with Crippen molar-refractivity contribution in [3.8, 4) is 0 Å². The van der Waals surface area contributed by atoms with Crippen LogP contribution in [0.3, 0.4) is 0 Å². The van der Waals surface area contributed by atoms with E-state index in [4.69, 9.17) is 4.74 Å². The summed E-state index contributed by atoms with van der Waals surface area (Å²) in [6.07, 6.45) is 1.08. The third-order valence-corrected chi connectivity index (χ3v) is 2.54. The number of nitrogens with one attached hydrogen (secondary N) is 2. The second-order valence-corrected chi connectivity index (χ2v) is 5.36. The van der Waals surface area contributed by atoms with Crippen LogP contribution in [0.4, 0.5) is 11.4 Å². The largest absolute Gasteiger partial charge is 0.465 e. The Morgan fingerprint density at radius 3 is 2.28 bits per heavy atom. The fraction of sp³-hybridized carbons (Fsp3) is 0.364. The molecule has 0 spiro atoms. The van der Waals surface area contributed by atoms with Crippen molar-refractivity contribution in [2.75, 3.05) is 29.4 Å². The van der Waals surface area contributed by atoms with Crippen LogP contribution in [0.2, 0.25) is 0 Å². The van der Waals surface area contributed by atoms with Gasteiger partial charge in [0.25, 0.3) is 0 Å². The first-order valence-electron chi connectivity index (χ1n) is 5.38. The van der Waals surface area contributed by atoms with Crippen LogP contribution in [0.1, 0.15) is 6.92 Å². The summed E-state index contributed by atoms with van der Waals surface area (Å²) >= 11 is 0. The van der Waals surface area contributed by atoms with Crippen molar-refractivity contribution in [1.29, 1.82) is 0 Å². The SMILES string of the molecule is CCOC(=O)CNc1ccc(NS(C)(=O)=O)cc1. The lowest BCUT2D eigenvalue weighted by Gasteiger charge is -2.07. The lowest BCUT2D eigenvalue weighted by atomic mass is 10.3. The molecule has 0 atom stereocenters. The minimum atomic E-state index is -3.27. The summed E-state index contributed by atoms with van der Waals surface area (Å²) in [5.41, 5.74) is 1.18. The van der Waals surface area contributed by atoms with Crippen molar-refractivity contribution >= 4 is 27.4 Å². The van der Waals surface area contributed by atoms with E-state index in [2.05, 4.69) is 10.0 Å². The van der Waals surface area contributed by atoms with Gasteiger partial charge in [-0.05, 0) is 31.2 Å². The zero-order valence-corrected chi connectivity index (χ0v) is 11.1. The predicted molar refractivity (Wildman–Crippen MR) is 70.0 cm³/mol. The molecule has 1 aromatic rings. The molecule has 6 nitrogen and oxygen atoms in total. The standard InChI is InChI=1S/C11H16N2O4S/c1-3-17-11(14)8-12-9-4-6-10(7-5-9)13-18(2,15)16/h4-7,12-13H,3,8H2,1-2H3. The lowest BCUT2D eigenvalue weighted by molar-refractivity contribution is -0.140. The van der Waals surface area contributed by atoms with E-state index in [9.17, 15) is 13.2 Å². The first-order chi connectivity index (χ1) is 8.40. The van der Waals surface area contributed by atoms with Crippen LogP contribution in [0.5, 0.6) is 0 Å². The fourth-order valence-electron chi connectivity index (χ4n) is 1.26. The van der Waals surface area contributed by atoms with Crippen LogP contribution in [-0.2, 0) is 19.6 Å². The maximum absolute atomic E-state index is 11.1. The molecule has 0 bridgehead atoms. The van der Waals surface area contributed by atoms with Crippen LogP contribution in [0.25, 0.3) is 0 Å². The van der Waals surface area contributed by atoms with E-state index in [-0.39, 0.29) is 12.5 Å². The molecular weight excluding hydrogens is 256 g/mol. The molecule has 2 N–H and O–H groups in total. The first kappa shape index (κ1) is 14.3. The molecule has 100 valence electrons. The van der Waals surface area contributed by atoms with Gasteiger partial charge in [-0.3, -0.25) is 9.52 Å². The quantitative estimate of drug-likeness (QED) is 0.756. The second kappa shape index (κ2) is 6.25. The highest BCUT2D eigenvalue weighted by Gasteiger charge is 2.03. The number of benzene rings is 1. The van der Waals surface area contributed by atoms with Gasteiger partial charge in [0.2, 0.25) is 10.0 Å². The van der Waals surface area contributed by atoms with E-state index in [1.54, 1.807) is 31.2 Å². The van der Waals surface area contributed by atoms with Gasteiger partial charge in [0, 0.05) is 11.4 Å². The Morgan fingerprint density at radius 1 is 1.22 bits per heavy atom. The van der Waals surface area contributed by atoms with Gasteiger partial charge in [0.05, 0.1) is 12.9 Å². The monoisotopic (exact) mass is 272 g/mol. The Kier molecular flexibility index (Phi) is 4.96. The van der Waals surface area contributed by atoms with Gasteiger partial charge in [0.1, 0.15) is 6.54 Å².